The summed E-state index contributed by atoms with van der Waals surface area (Å²) >= 11 is 0. The van der Waals surface area contributed by atoms with E-state index in [4.69, 9.17) is 4.98 Å². The fourth-order valence-corrected chi connectivity index (χ4v) is 4.44. The lowest BCUT2D eigenvalue weighted by Crippen LogP contribution is -1.97. The van der Waals surface area contributed by atoms with Crippen molar-refractivity contribution in [2.45, 2.75) is 0 Å². The molecule has 3 nitrogen and oxygen atoms in total. The van der Waals surface area contributed by atoms with E-state index in [9.17, 15) is 5.26 Å². The quantitative estimate of drug-likeness (QED) is 0.321. The van der Waals surface area contributed by atoms with Crippen molar-refractivity contribution in [1.29, 1.82) is 5.26 Å². The third kappa shape index (κ3) is 2.63. The van der Waals surface area contributed by atoms with Crippen molar-refractivity contribution in [3.8, 4) is 23.0 Å². The van der Waals surface area contributed by atoms with Crippen LogP contribution in [0.3, 0.4) is 0 Å². The lowest BCUT2D eigenvalue weighted by molar-refractivity contribution is 1.17. The largest absolute Gasteiger partial charge is 0.307 e. The first-order chi connectivity index (χ1) is 15.3. The Morgan fingerprint density at radius 3 is 2.13 bits per heavy atom. The van der Waals surface area contributed by atoms with Gasteiger partial charge in [-0.3, -0.25) is 0 Å². The Morgan fingerprint density at radius 1 is 0.677 bits per heavy atom. The molecule has 4 aromatic carbocycles. The number of nitrogens with zero attached hydrogens (tertiary/aromatic N) is 3. The Morgan fingerprint density at radius 2 is 1.35 bits per heavy atom. The Hall–Kier alpha value is -4.42. The average Bonchev–Trinajstić information content (AvgIpc) is 3.20. The highest BCUT2D eigenvalue weighted by molar-refractivity contribution is 6.23. The van der Waals surface area contributed by atoms with Crippen molar-refractivity contribution >= 4 is 32.7 Å². The maximum absolute atomic E-state index is 9.23. The molecule has 0 saturated carbocycles. The highest BCUT2D eigenvalue weighted by Gasteiger charge is 2.20. The molecule has 0 amide bonds. The molecule has 2 aromatic heterocycles. The Labute approximate surface area is 179 Å². The minimum Gasteiger partial charge on any atom is -0.307 e. The van der Waals surface area contributed by atoms with Gasteiger partial charge in [0.05, 0.1) is 33.9 Å². The van der Waals surface area contributed by atoms with Gasteiger partial charge in [-0.25, -0.2) is 4.98 Å². The van der Waals surface area contributed by atoms with Crippen LogP contribution in [0.1, 0.15) is 5.56 Å². The van der Waals surface area contributed by atoms with Crippen LogP contribution in [0.25, 0.3) is 49.7 Å². The summed E-state index contributed by atoms with van der Waals surface area (Å²) in [4.78, 5) is 5.11. The topological polar surface area (TPSA) is 41.6 Å². The number of rotatable bonds is 2. The number of fused-ring (bicyclic) bond motifs is 5. The molecule has 0 spiro atoms. The van der Waals surface area contributed by atoms with E-state index in [0.29, 0.717) is 5.56 Å². The summed E-state index contributed by atoms with van der Waals surface area (Å²) in [5, 5.41) is 12.8. The van der Waals surface area contributed by atoms with Crippen LogP contribution in [0.2, 0.25) is 0 Å². The van der Waals surface area contributed by atoms with Gasteiger partial charge in [0, 0.05) is 27.4 Å². The van der Waals surface area contributed by atoms with E-state index in [1.54, 1.807) is 0 Å². The van der Waals surface area contributed by atoms with E-state index in [2.05, 4.69) is 77.4 Å². The molecule has 0 bridgehead atoms. The molecule has 31 heavy (non-hydrogen) atoms. The first-order valence-electron chi connectivity index (χ1n) is 10.2. The number of aromatic nitrogens is 2. The van der Waals surface area contributed by atoms with Crippen molar-refractivity contribution in [3.05, 3.63) is 109 Å². The van der Waals surface area contributed by atoms with Gasteiger partial charge >= 0.3 is 0 Å². The monoisotopic (exact) mass is 395 g/mol. The molecule has 0 saturated heterocycles. The summed E-state index contributed by atoms with van der Waals surface area (Å²) in [6, 6.07) is 37.1. The van der Waals surface area contributed by atoms with E-state index in [-0.39, 0.29) is 0 Å². The molecule has 6 rings (SSSR count). The van der Waals surface area contributed by atoms with Crippen molar-refractivity contribution in [1.82, 2.24) is 9.55 Å². The van der Waals surface area contributed by atoms with E-state index in [1.165, 1.54) is 10.8 Å². The van der Waals surface area contributed by atoms with Crippen LogP contribution in [-0.2, 0) is 0 Å². The number of benzene rings is 4. The summed E-state index contributed by atoms with van der Waals surface area (Å²) < 4.78 is 2.30. The molecule has 0 fully saturated rings. The van der Waals surface area contributed by atoms with Crippen LogP contribution in [0.5, 0.6) is 0 Å². The summed E-state index contributed by atoms with van der Waals surface area (Å²) in [6.07, 6.45) is 0. The molecule has 0 N–H and O–H groups in total. The maximum Gasteiger partial charge on any atom is 0.0991 e. The van der Waals surface area contributed by atoms with Crippen LogP contribution in [0.15, 0.2) is 103 Å². The van der Waals surface area contributed by atoms with Gasteiger partial charge in [0.1, 0.15) is 0 Å². The van der Waals surface area contributed by atoms with Crippen molar-refractivity contribution in [2.75, 3.05) is 0 Å². The zero-order valence-corrected chi connectivity index (χ0v) is 16.7. The van der Waals surface area contributed by atoms with Crippen LogP contribution in [0, 0.1) is 11.3 Å². The summed E-state index contributed by atoms with van der Waals surface area (Å²) in [5.41, 5.74) is 6.84. The molecular formula is C28H17N3. The van der Waals surface area contributed by atoms with E-state index >= 15 is 0 Å². The van der Waals surface area contributed by atoms with E-state index in [0.717, 1.165) is 38.9 Å². The van der Waals surface area contributed by atoms with Gasteiger partial charge in [0.15, 0.2) is 0 Å². The molecule has 0 radical (unpaired) electrons. The number of para-hydroxylation sites is 3. The normalized spacial score (nSPS) is 11.2. The second kappa shape index (κ2) is 6.83. The highest BCUT2D eigenvalue weighted by Crippen LogP contribution is 2.40. The van der Waals surface area contributed by atoms with Gasteiger partial charge in [-0.15, -0.1) is 0 Å². The first kappa shape index (κ1) is 17.4. The van der Waals surface area contributed by atoms with Gasteiger partial charge in [0.2, 0.25) is 0 Å². The SMILES string of the molecule is N#Cc1ccc(-c2nc3ccccc3c3c4ccccc4n(-c4ccccc4)c23)cc1. The Kier molecular flexibility index (Phi) is 3.84. The van der Waals surface area contributed by atoms with Crippen molar-refractivity contribution in [2.24, 2.45) is 0 Å². The lowest BCUT2D eigenvalue weighted by Gasteiger charge is -2.12. The average molecular weight is 395 g/mol. The molecule has 0 aliphatic carbocycles. The fraction of sp³-hybridized carbons (Fsp3) is 0. The third-order valence-corrected chi connectivity index (χ3v) is 5.81. The molecular weight excluding hydrogens is 378 g/mol. The lowest BCUT2D eigenvalue weighted by atomic mass is 10.0. The second-order valence-corrected chi connectivity index (χ2v) is 7.58. The van der Waals surface area contributed by atoms with E-state index < -0.39 is 0 Å². The van der Waals surface area contributed by atoms with Gasteiger partial charge in [-0.1, -0.05) is 66.7 Å². The molecule has 0 unspecified atom stereocenters. The van der Waals surface area contributed by atoms with Gasteiger partial charge in [-0.2, -0.15) is 5.26 Å². The molecule has 3 heteroatoms. The third-order valence-electron chi connectivity index (χ3n) is 5.81. The van der Waals surface area contributed by atoms with Crippen LogP contribution in [-0.4, -0.2) is 9.55 Å². The second-order valence-electron chi connectivity index (χ2n) is 7.58. The van der Waals surface area contributed by atoms with Gasteiger partial charge < -0.3 is 4.57 Å². The first-order valence-corrected chi connectivity index (χ1v) is 10.2. The molecule has 0 atom stereocenters. The number of pyridine rings is 1. The zero-order chi connectivity index (χ0) is 20.8. The summed E-state index contributed by atoms with van der Waals surface area (Å²) in [6.45, 7) is 0. The number of hydrogen-bond acceptors (Lipinski definition) is 2. The molecule has 0 aliphatic heterocycles. The molecule has 2 heterocycles. The Balaban J connectivity index is 1.86. The maximum atomic E-state index is 9.23. The number of nitriles is 1. The van der Waals surface area contributed by atoms with Crippen LogP contribution in [0.4, 0.5) is 0 Å². The summed E-state index contributed by atoms with van der Waals surface area (Å²) in [5.74, 6) is 0. The van der Waals surface area contributed by atoms with Gasteiger partial charge in [0.25, 0.3) is 0 Å². The smallest absolute Gasteiger partial charge is 0.0991 e. The predicted molar refractivity (Wildman–Crippen MR) is 126 cm³/mol. The minimum absolute atomic E-state index is 0.643. The summed E-state index contributed by atoms with van der Waals surface area (Å²) in [7, 11) is 0. The molecule has 0 aliphatic rings. The number of hydrogen-bond donors (Lipinski definition) is 0. The minimum atomic E-state index is 0.643. The van der Waals surface area contributed by atoms with Crippen molar-refractivity contribution in [3.63, 3.8) is 0 Å². The van der Waals surface area contributed by atoms with Crippen LogP contribution >= 0.6 is 0 Å². The van der Waals surface area contributed by atoms with Crippen LogP contribution < -0.4 is 0 Å². The molecule has 144 valence electrons. The predicted octanol–water partition coefficient (Wildman–Crippen LogP) is 6.87. The van der Waals surface area contributed by atoms with E-state index in [1.807, 2.05) is 36.4 Å². The standard InChI is InChI=1S/C28H17N3/c29-18-19-14-16-20(17-15-19)27-28-26(22-10-4-6-12-24(22)30-27)23-11-5-7-13-25(23)31(28)21-8-2-1-3-9-21/h1-17H. The highest BCUT2D eigenvalue weighted by atomic mass is 15.0. The molecule has 6 aromatic rings. The Bertz CT molecular complexity index is 1620. The zero-order valence-electron chi connectivity index (χ0n) is 16.7. The van der Waals surface area contributed by atoms with Crippen molar-refractivity contribution < 1.29 is 0 Å². The van der Waals surface area contributed by atoms with Gasteiger partial charge in [-0.05, 0) is 36.4 Å². The fourth-order valence-electron chi connectivity index (χ4n) is 4.44.